The molecule has 0 amide bonds. The van der Waals surface area contributed by atoms with Gasteiger partial charge in [-0.1, -0.05) is 56.6 Å². The van der Waals surface area contributed by atoms with E-state index in [2.05, 4.69) is 30.7 Å². The quantitative estimate of drug-likeness (QED) is 0.444. The first-order valence-corrected chi connectivity index (χ1v) is 11.9. The number of carbonyl (C=O) groups is 1. The SMILES string of the molecule is CC(C)(C)C1CCN(c2ncc(C(=O)O)c(-c3ccccc3OCc3ccc(Cl)cc3)n2)CC1. The third-order valence-corrected chi connectivity index (χ3v) is 6.71. The van der Waals surface area contributed by atoms with Crippen molar-refractivity contribution in [1.29, 1.82) is 0 Å². The van der Waals surface area contributed by atoms with Crippen molar-refractivity contribution in [2.75, 3.05) is 18.0 Å². The van der Waals surface area contributed by atoms with Crippen molar-refractivity contribution in [3.63, 3.8) is 0 Å². The first-order valence-electron chi connectivity index (χ1n) is 11.5. The van der Waals surface area contributed by atoms with E-state index < -0.39 is 5.97 Å². The van der Waals surface area contributed by atoms with Crippen molar-refractivity contribution in [2.45, 2.75) is 40.2 Å². The molecule has 1 saturated heterocycles. The van der Waals surface area contributed by atoms with E-state index in [1.807, 2.05) is 48.5 Å². The van der Waals surface area contributed by atoms with Crippen molar-refractivity contribution in [1.82, 2.24) is 9.97 Å². The summed E-state index contributed by atoms with van der Waals surface area (Å²) in [6.07, 6.45) is 3.53. The molecule has 0 atom stereocenters. The number of halogens is 1. The maximum Gasteiger partial charge on any atom is 0.339 e. The molecule has 0 saturated carbocycles. The van der Waals surface area contributed by atoms with Gasteiger partial charge in [-0.3, -0.25) is 0 Å². The predicted octanol–water partition coefficient (Wildman–Crippen LogP) is 6.34. The van der Waals surface area contributed by atoms with Crippen LogP contribution in [0.4, 0.5) is 5.95 Å². The molecule has 0 radical (unpaired) electrons. The van der Waals surface area contributed by atoms with Gasteiger partial charge in [-0.2, -0.15) is 0 Å². The van der Waals surface area contributed by atoms with Gasteiger partial charge >= 0.3 is 5.97 Å². The largest absolute Gasteiger partial charge is 0.488 e. The number of rotatable bonds is 6. The highest BCUT2D eigenvalue weighted by molar-refractivity contribution is 6.30. The Hall–Kier alpha value is -3.12. The smallest absolute Gasteiger partial charge is 0.339 e. The summed E-state index contributed by atoms with van der Waals surface area (Å²) in [5, 5.41) is 10.5. The lowest BCUT2D eigenvalue weighted by Crippen LogP contribution is -2.39. The number of para-hydroxylation sites is 1. The van der Waals surface area contributed by atoms with Gasteiger partial charge in [0.1, 0.15) is 17.9 Å². The molecule has 4 rings (SSSR count). The van der Waals surface area contributed by atoms with Gasteiger partial charge in [0, 0.05) is 29.9 Å². The molecule has 1 aromatic heterocycles. The van der Waals surface area contributed by atoms with E-state index in [1.165, 1.54) is 6.20 Å². The highest BCUT2D eigenvalue weighted by Crippen LogP contribution is 2.36. The Balaban J connectivity index is 1.62. The third-order valence-electron chi connectivity index (χ3n) is 6.46. The van der Waals surface area contributed by atoms with Crippen LogP contribution in [0.15, 0.2) is 54.7 Å². The lowest BCUT2D eigenvalue weighted by atomic mass is 9.75. The Morgan fingerprint density at radius 2 is 1.79 bits per heavy atom. The molecule has 0 aliphatic carbocycles. The van der Waals surface area contributed by atoms with Crippen LogP contribution >= 0.6 is 11.6 Å². The Morgan fingerprint density at radius 3 is 2.44 bits per heavy atom. The number of nitrogens with zero attached hydrogens (tertiary/aromatic N) is 3. The maximum absolute atomic E-state index is 12.0. The number of benzene rings is 2. The Bertz CT molecular complexity index is 1150. The number of hydrogen-bond acceptors (Lipinski definition) is 5. The fourth-order valence-corrected chi connectivity index (χ4v) is 4.49. The number of aromatic nitrogens is 2. The highest BCUT2D eigenvalue weighted by atomic mass is 35.5. The zero-order chi connectivity index (χ0) is 24.3. The molecule has 2 heterocycles. The molecule has 3 aromatic rings. The molecule has 0 unspecified atom stereocenters. The number of anilines is 1. The van der Waals surface area contributed by atoms with E-state index in [1.54, 1.807) is 0 Å². The zero-order valence-corrected chi connectivity index (χ0v) is 20.5. The van der Waals surface area contributed by atoms with Gasteiger partial charge in [-0.05, 0) is 54.0 Å². The number of carboxylic acids is 1. The zero-order valence-electron chi connectivity index (χ0n) is 19.8. The second-order valence-electron chi connectivity index (χ2n) is 9.78. The molecule has 6 nitrogen and oxygen atoms in total. The average molecular weight is 480 g/mol. The van der Waals surface area contributed by atoms with Crippen LogP contribution in [0.25, 0.3) is 11.3 Å². The fraction of sp³-hybridized carbons (Fsp3) is 0.370. The van der Waals surface area contributed by atoms with Crippen molar-refractivity contribution in [3.05, 3.63) is 70.9 Å². The van der Waals surface area contributed by atoms with Crippen molar-refractivity contribution < 1.29 is 14.6 Å². The van der Waals surface area contributed by atoms with Crippen LogP contribution in [0.5, 0.6) is 5.75 Å². The minimum atomic E-state index is -1.07. The summed E-state index contributed by atoms with van der Waals surface area (Å²) in [5.41, 5.74) is 2.27. The minimum absolute atomic E-state index is 0.0517. The van der Waals surface area contributed by atoms with Crippen molar-refractivity contribution >= 4 is 23.5 Å². The van der Waals surface area contributed by atoms with Crippen LogP contribution in [0.2, 0.25) is 5.02 Å². The third kappa shape index (κ3) is 5.50. The molecule has 1 aliphatic heterocycles. The standard InChI is InChI=1S/C27H30ClN3O3/c1-27(2,3)19-12-14-31(15-13-19)26-29-16-22(25(32)33)24(30-26)21-6-4-5-7-23(21)34-17-18-8-10-20(28)11-9-18/h4-11,16,19H,12-15,17H2,1-3H3,(H,32,33). The topological polar surface area (TPSA) is 75.6 Å². The first-order chi connectivity index (χ1) is 16.2. The summed E-state index contributed by atoms with van der Waals surface area (Å²) < 4.78 is 6.08. The first kappa shape index (κ1) is 24.0. The second-order valence-corrected chi connectivity index (χ2v) is 10.2. The summed E-state index contributed by atoms with van der Waals surface area (Å²) in [6.45, 7) is 8.87. The van der Waals surface area contributed by atoms with Crippen LogP contribution in [-0.2, 0) is 6.61 Å². The number of ether oxygens (including phenoxy) is 1. The van der Waals surface area contributed by atoms with Crippen molar-refractivity contribution in [3.8, 4) is 17.0 Å². The number of hydrogen-bond donors (Lipinski definition) is 1. The second kappa shape index (κ2) is 10.0. The van der Waals surface area contributed by atoms with Gasteiger partial charge in [-0.25, -0.2) is 14.8 Å². The van der Waals surface area contributed by atoms with E-state index in [0.29, 0.717) is 40.5 Å². The summed E-state index contributed by atoms with van der Waals surface area (Å²) in [4.78, 5) is 23.3. The monoisotopic (exact) mass is 479 g/mol. The average Bonchev–Trinajstić information content (AvgIpc) is 2.83. The molecular formula is C27H30ClN3O3. The van der Waals surface area contributed by atoms with Crippen LogP contribution in [-0.4, -0.2) is 34.1 Å². The van der Waals surface area contributed by atoms with Gasteiger partial charge in [0.05, 0.1) is 5.69 Å². The molecule has 1 N–H and O–H groups in total. The highest BCUT2D eigenvalue weighted by Gasteiger charge is 2.30. The molecule has 0 bridgehead atoms. The van der Waals surface area contributed by atoms with E-state index >= 15 is 0 Å². The van der Waals surface area contributed by atoms with Crippen LogP contribution in [0.1, 0.15) is 49.5 Å². The fourth-order valence-electron chi connectivity index (χ4n) is 4.36. The number of piperidine rings is 1. The minimum Gasteiger partial charge on any atom is -0.488 e. The van der Waals surface area contributed by atoms with Gasteiger partial charge in [-0.15, -0.1) is 0 Å². The summed E-state index contributed by atoms with van der Waals surface area (Å²) in [7, 11) is 0. The van der Waals surface area contributed by atoms with Gasteiger partial charge < -0.3 is 14.7 Å². The van der Waals surface area contributed by atoms with Gasteiger partial charge in [0.25, 0.3) is 0 Å². The van der Waals surface area contributed by atoms with Crippen LogP contribution in [0, 0.1) is 11.3 Å². The molecule has 2 aromatic carbocycles. The Kier molecular flexibility index (Phi) is 7.08. The summed E-state index contributed by atoms with van der Waals surface area (Å²) in [5.74, 6) is 0.694. The van der Waals surface area contributed by atoms with E-state index in [-0.39, 0.29) is 11.0 Å². The number of carboxylic acid groups (broad SMARTS) is 1. The molecule has 1 aliphatic rings. The van der Waals surface area contributed by atoms with Gasteiger partial charge in [0.15, 0.2) is 0 Å². The Morgan fingerprint density at radius 1 is 1.12 bits per heavy atom. The van der Waals surface area contributed by atoms with Crippen LogP contribution < -0.4 is 9.64 Å². The normalized spacial score (nSPS) is 14.8. The molecular weight excluding hydrogens is 450 g/mol. The molecule has 0 spiro atoms. The van der Waals surface area contributed by atoms with E-state index in [9.17, 15) is 9.90 Å². The molecule has 7 heteroatoms. The van der Waals surface area contributed by atoms with E-state index in [4.69, 9.17) is 21.3 Å². The lowest BCUT2D eigenvalue weighted by molar-refractivity contribution is 0.0697. The molecule has 1 fully saturated rings. The van der Waals surface area contributed by atoms with Gasteiger partial charge in [0.2, 0.25) is 5.95 Å². The van der Waals surface area contributed by atoms with Crippen LogP contribution in [0.3, 0.4) is 0 Å². The molecule has 34 heavy (non-hydrogen) atoms. The Labute approximate surface area is 205 Å². The predicted molar refractivity (Wildman–Crippen MR) is 135 cm³/mol. The summed E-state index contributed by atoms with van der Waals surface area (Å²) >= 11 is 5.98. The number of aromatic carboxylic acids is 1. The lowest BCUT2D eigenvalue weighted by Gasteiger charge is -2.38. The molecule has 178 valence electrons. The van der Waals surface area contributed by atoms with Crippen molar-refractivity contribution in [2.24, 2.45) is 11.3 Å². The summed E-state index contributed by atoms with van der Waals surface area (Å²) in [6, 6.07) is 14.8. The maximum atomic E-state index is 12.0. The van der Waals surface area contributed by atoms with E-state index in [0.717, 1.165) is 31.5 Å².